The molecule has 1 atom stereocenters. The monoisotopic (exact) mass is 797 g/mol. The number of carbonyl (C=O) groups excluding carboxylic acids is 1. The number of ether oxygens (including phenoxy) is 2. The number of nitrogens with zero attached hydrogens (tertiary/aromatic N) is 5. The van der Waals surface area contributed by atoms with Crippen LogP contribution in [0.2, 0.25) is 0 Å². The van der Waals surface area contributed by atoms with E-state index in [2.05, 4.69) is 33.5 Å². The van der Waals surface area contributed by atoms with Crippen LogP contribution in [0.15, 0.2) is 82.9 Å². The van der Waals surface area contributed by atoms with Crippen molar-refractivity contribution in [1.29, 1.82) is 0 Å². The third-order valence-electron chi connectivity index (χ3n) is 10.5. The number of benzene rings is 3. The number of halogens is 2. The minimum absolute atomic E-state index is 0.0651. The van der Waals surface area contributed by atoms with E-state index >= 15 is 0 Å². The molecule has 0 radical (unpaired) electrons. The van der Waals surface area contributed by atoms with Crippen LogP contribution in [0.4, 0.5) is 25.8 Å². The van der Waals surface area contributed by atoms with Gasteiger partial charge in [0.1, 0.15) is 50.3 Å². The van der Waals surface area contributed by atoms with E-state index in [1.165, 1.54) is 19.4 Å². The van der Waals surface area contributed by atoms with E-state index in [0.29, 0.717) is 53.1 Å². The molecule has 1 fully saturated rings. The van der Waals surface area contributed by atoms with Gasteiger partial charge in [0, 0.05) is 55.5 Å². The van der Waals surface area contributed by atoms with Gasteiger partial charge in [0.2, 0.25) is 5.96 Å². The van der Waals surface area contributed by atoms with Crippen LogP contribution in [0.25, 0.3) is 16.9 Å². The van der Waals surface area contributed by atoms with Crippen molar-refractivity contribution in [2.75, 3.05) is 54.9 Å². The summed E-state index contributed by atoms with van der Waals surface area (Å²) in [6.45, 7) is 3.78. The summed E-state index contributed by atoms with van der Waals surface area (Å²) in [5.41, 5.74) is 5.00. The molecule has 3 aromatic carbocycles. The number of rotatable bonds is 12. The molecule has 12 nitrogen and oxygen atoms in total. The fraction of sp³-hybridized carbons (Fsp3) is 0.333. The maximum Gasteiger partial charge on any atom is 0.259 e. The lowest BCUT2D eigenvalue weighted by atomic mass is 9.93. The van der Waals surface area contributed by atoms with Gasteiger partial charge in [0.05, 0.1) is 42.6 Å². The molecular formula is C42H45F2N7O5S. The SMILES string of the molecule is CCc1cc(NC2=NC(c3c(-c4ccc(OC)c(C(=O)Nc5c(F)cccc5F)c4)nc4ccccn34)CC=N2)c(OC)cc1N1CCC(CCS(C)(=O)=O)CC1. The third-order valence-corrected chi connectivity index (χ3v) is 11.5. The van der Waals surface area contributed by atoms with Crippen LogP contribution >= 0.6 is 0 Å². The minimum Gasteiger partial charge on any atom is -0.496 e. The topological polar surface area (TPSA) is 139 Å². The maximum absolute atomic E-state index is 14.5. The highest BCUT2D eigenvalue weighted by Gasteiger charge is 2.28. The third kappa shape index (κ3) is 8.63. The van der Waals surface area contributed by atoms with Crippen LogP contribution in [0.3, 0.4) is 0 Å². The second-order valence-corrected chi connectivity index (χ2v) is 16.5. The van der Waals surface area contributed by atoms with E-state index in [4.69, 9.17) is 19.5 Å². The normalized spacial score (nSPS) is 16.1. The Balaban J connectivity index is 1.18. The van der Waals surface area contributed by atoms with Crippen molar-refractivity contribution in [3.8, 4) is 22.8 Å². The molecule has 7 rings (SSSR count). The van der Waals surface area contributed by atoms with Crippen molar-refractivity contribution >= 4 is 50.6 Å². The number of hydrogen-bond acceptors (Lipinski definition) is 10. The first-order chi connectivity index (χ1) is 27.5. The minimum atomic E-state index is -2.98. The number of nitrogens with one attached hydrogen (secondary N) is 2. The number of para-hydroxylation sites is 1. The Morgan fingerprint density at radius 2 is 1.72 bits per heavy atom. The fourth-order valence-corrected chi connectivity index (χ4v) is 8.27. The van der Waals surface area contributed by atoms with Gasteiger partial charge in [-0.3, -0.25) is 4.79 Å². The molecule has 298 valence electrons. The molecule has 0 spiro atoms. The van der Waals surface area contributed by atoms with E-state index in [-0.39, 0.29) is 17.1 Å². The molecule has 1 saturated heterocycles. The second-order valence-electron chi connectivity index (χ2n) is 14.3. The molecular weight excluding hydrogens is 753 g/mol. The largest absolute Gasteiger partial charge is 0.496 e. The van der Waals surface area contributed by atoms with Crippen molar-refractivity contribution in [1.82, 2.24) is 9.38 Å². The summed E-state index contributed by atoms with van der Waals surface area (Å²) < 4.78 is 65.7. The summed E-state index contributed by atoms with van der Waals surface area (Å²) in [6, 6.07) is 17.7. The number of pyridine rings is 1. The molecule has 2 aromatic heterocycles. The molecule has 0 saturated carbocycles. The van der Waals surface area contributed by atoms with Crippen LogP contribution in [-0.2, 0) is 16.3 Å². The van der Waals surface area contributed by atoms with Gasteiger partial charge in [-0.15, -0.1) is 0 Å². The van der Waals surface area contributed by atoms with E-state index < -0.39 is 39.1 Å². The lowest BCUT2D eigenvalue weighted by molar-refractivity contribution is 0.102. The van der Waals surface area contributed by atoms with Gasteiger partial charge in [-0.25, -0.2) is 32.2 Å². The summed E-state index contributed by atoms with van der Waals surface area (Å²) >= 11 is 0. The van der Waals surface area contributed by atoms with E-state index in [1.54, 1.807) is 31.5 Å². The number of aryl methyl sites for hydroxylation is 1. The van der Waals surface area contributed by atoms with E-state index in [0.717, 1.165) is 61.4 Å². The van der Waals surface area contributed by atoms with Gasteiger partial charge in [0.15, 0.2) is 0 Å². The predicted octanol–water partition coefficient (Wildman–Crippen LogP) is 7.75. The maximum atomic E-state index is 14.5. The van der Waals surface area contributed by atoms with Gasteiger partial charge in [-0.05, 0) is 85.7 Å². The first kappa shape index (κ1) is 39.4. The Labute approximate surface area is 330 Å². The van der Waals surface area contributed by atoms with E-state index in [9.17, 15) is 22.0 Å². The number of imidazole rings is 1. The number of guanidine groups is 1. The van der Waals surface area contributed by atoms with Crippen molar-refractivity contribution in [2.24, 2.45) is 15.9 Å². The second kappa shape index (κ2) is 16.7. The number of aliphatic imine (C=N–C) groups is 2. The van der Waals surface area contributed by atoms with Crippen LogP contribution < -0.4 is 25.0 Å². The molecule has 15 heteroatoms. The number of anilines is 3. The first-order valence-electron chi connectivity index (χ1n) is 18.9. The van der Waals surface area contributed by atoms with Crippen LogP contribution in [0.1, 0.15) is 60.3 Å². The first-order valence-corrected chi connectivity index (χ1v) is 20.9. The van der Waals surface area contributed by atoms with Crippen LogP contribution in [0.5, 0.6) is 11.5 Å². The lowest BCUT2D eigenvalue weighted by Gasteiger charge is -2.35. The number of sulfone groups is 1. The van der Waals surface area contributed by atoms with Gasteiger partial charge in [-0.2, -0.15) is 0 Å². The zero-order valence-corrected chi connectivity index (χ0v) is 33.1. The van der Waals surface area contributed by atoms with Crippen LogP contribution in [0, 0.1) is 17.6 Å². The number of amides is 1. The highest BCUT2D eigenvalue weighted by molar-refractivity contribution is 7.90. The summed E-state index contributed by atoms with van der Waals surface area (Å²) in [5, 5.41) is 5.76. The van der Waals surface area contributed by atoms with Gasteiger partial charge < -0.3 is 29.4 Å². The summed E-state index contributed by atoms with van der Waals surface area (Å²) in [6.07, 6.45) is 8.79. The summed E-state index contributed by atoms with van der Waals surface area (Å²) in [5.74, 6) is -0.715. The molecule has 2 aliphatic rings. The molecule has 57 heavy (non-hydrogen) atoms. The Kier molecular flexibility index (Phi) is 11.6. The molecule has 2 N–H and O–H groups in total. The Morgan fingerprint density at radius 3 is 2.42 bits per heavy atom. The van der Waals surface area contributed by atoms with E-state index in [1.807, 2.05) is 34.9 Å². The molecule has 5 aromatic rings. The quantitative estimate of drug-likeness (QED) is 0.131. The van der Waals surface area contributed by atoms with Crippen molar-refractivity contribution in [2.45, 2.75) is 45.1 Å². The number of methoxy groups -OCH3 is 2. The van der Waals surface area contributed by atoms with Gasteiger partial charge >= 0.3 is 0 Å². The standard InChI is InChI=1S/C42H45F2N7O5S/c1-5-27-24-33(36(56-3)25-34(27)50-20-15-26(16-21-50)17-22-57(4,53)54)47-42-45-18-14-32(46-42)40-38(48-37-11-6-7-19-51(37)40)28-12-13-35(55-2)29(23-28)41(52)49-39-30(43)9-8-10-31(39)44/h6-13,18-19,23-26,32H,5,14-17,20-22H2,1-4H3,(H,46,47)(H,49,52). The summed E-state index contributed by atoms with van der Waals surface area (Å²) in [7, 11) is 0.0587. The van der Waals surface area contributed by atoms with Crippen LogP contribution in [-0.4, -0.2) is 75.2 Å². The smallest absolute Gasteiger partial charge is 0.259 e. The average Bonchev–Trinajstić information content (AvgIpc) is 3.61. The number of carbonyl (C=O) groups is 1. The number of fused-ring (bicyclic) bond motifs is 1. The summed E-state index contributed by atoms with van der Waals surface area (Å²) in [4.78, 5) is 30.5. The predicted molar refractivity (Wildman–Crippen MR) is 220 cm³/mol. The van der Waals surface area contributed by atoms with Gasteiger partial charge in [0.25, 0.3) is 5.91 Å². The molecule has 2 aliphatic heterocycles. The lowest BCUT2D eigenvalue weighted by Crippen LogP contribution is -2.34. The molecule has 1 unspecified atom stereocenters. The Morgan fingerprint density at radius 1 is 0.965 bits per heavy atom. The van der Waals surface area contributed by atoms with Crippen molar-refractivity contribution in [3.63, 3.8) is 0 Å². The van der Waals surface area contributed by atoms with Crippen molar-refractivity contribution < 1.29 is 31.5 Å². The molecule has 0 aliphatic carbocycles. The van der Waals surface area contributed by atoms with Gasteiger partial charge in [-0.1, -0.05) is 19.1 Å². The Hall–Kier alpha value is -5.83. The number of aromatic nitrogens is 2. The number of piperidine rings is 1. The highest BCUT2D eigenvalue weighted by Crippen LogP contribution is 2.39. The fourth-order valence-electron chi connectivity index (χ4n) is 7.51. The molecule has 4 heterocycles. The average molecular weight is 798 g/mol. The Bertz CT molecular complexity index is 2460. The molecule has 0 bridgehead atoms. The van der Waals surface area contributed by atoms with Crippen molar-refractivity contribution in [3.05, 3.63) is 101 Å². The zero-order valence-electron chi connectivity index (χ0n) is 32.3. The zero-order chi connectivity index (χ0) is 40.3. The molecule has 1 amide bonds. The number of hydrogen-bond donors (Lipinski definition) is 2. The highest BCUT2D eigenvalue weighted by atomic mass is 32.2.